The normalized spacial score (nSPS) is 25.6. The predicted molar refractivity (Wildman–Crippen MR) is 77.2 cm³/mol. The average Bonchev–Trinajstić information content (AvgIpc) is 2.75. The molecule has 0 bridgehead atoms. The van der Waals surface area contributed by atoms with Gasteiger partial charge in [-0.1, -0.05) is 13.8 Å². The lowest BCUT2D eigenvalue weighted by Crippen LogP contribution is -2.47. The highest BCUT2D eigenvalue weighted by Crippen LogP contribution is 2.31. The number of carboxylic acids is 1. The first-order valence-electron chi connectivity index (χ1n) is 6.77. The zero-order valence-corrected chi connectivity index (χ0v) is 13.0. The van der Waals surface area contributed by atoms with Crippen LogP contribution in [0.4, 0.5) is 5.13 Å². The fourth-order valence-corrected chi connectivity index (χ4v) is 3.17. The van der Waals surface area contributed by atoms with Gasteiger partial charge in [-0.3, -0.25) is 0 Å². The SMILES string of the molecule is CC(C)c1nsc(N[C@@H]2C[C@@H](C(=O)O)OC(C)(C)C2)n1. The van der Waals surface area contributed by atoms with Crippen LogP contribution in [-0.2, 0) is 9.53 Å². The van der Waals surface area contributed by atoms with Gasteiger partial charge < -0.3 is 15.2 Å². The zero-order valence-electron chi connectivity index (χ0n) is 12.2. The van der Waals surface area contributed by atoms with E-state index in [-0.39, 0.29) is 6.04 Å². The molecule has 112 valence electrons. The molecule has 1 aromatic heterocycles. The van der Waals surface area contributed by atoms with E-state index in [2.05, 4.69) is 14.7 Å². The Balaban J connectivity index is 2.05. The zero-order chi connectivity index (χ0) is 14.9. The summed E-state index contributed by atoms with van der Waals surface area (Å²) in [5.41, 5.74) is -0.454. The Bertz CT molecular complexity index is 487. The molecule has 2 N–H and O–H groups in total. The lowest BCUT2D eigenvalue weighted by atomic mass is 9.91. The number of aromatic nitrogens is 2. The van der Waals surface area contributed by atoms with E-state index in [0.29, 0.717) is 12.3 Å². The predicted octanol–water partition coefficient (Wildman–Crippen LogP) is 2.48. The van der Waals surface area contributed by atoms with Gasteiger partial charge in [0.05, 0.1) is 5.60 Å². The molecule has 1 aliphatic heterocycles. The number of ether oxygens (including phenoxy) is 1. The average molecular weight is 299 g/mol. The molecule has 7 heteroatoms. The van der Waals surface area contributed by atoms with Crippen LogP contribution in [0.25, 0.3) is 0 Å². The molecule has 2 atom stereocenters. The molecule has 20 heavy (non-hydrogen) atoms. The van der Waals surface area contributed by atoms with Crippen molar-refractivity contribution in [2.75, 3.05) is 5.32 Å². The van der Waals surface area contributed by atoms with Crippen molar-refractivity contribution in [3.63, 3.8) is 0 Å². The summed E-state index contributed by atoms with van der Waals surface area (Å²) in [6.07, 6.45) is 0.414. The first-order chi connectivity index (χ1) is 9.27. The van der Waals surface area contributed by atoms with E-state index in [1.807, 2.05) is 27.7 Å². The standard InChI is InChI=1S/C13H21N3O3S/c1-7(2)10-15-12(20-16-10)14-8-5-9(11(17)18)19-13(3,4)6-8/h7-9H,5-6H2,1-4H3,(H,17,18)(H,14,15,16)/t8-,9+/m1/s1. The number of nitrogens with zero attached hydrogens (tertiary/aromatic N) is 2. The molecular weight excluding hydrogens is 278 g/mol. The van der Waals surface area contributed by atoms with Gasteiger partial charge in [0, 0.05) is 29.9 Å². The van der Waals surface area contributed by atoms with Gasteiger partial charge in [0.15, 0.2) is 6.10 Å². The van der Waals surface area contributed by atoms with E-state index in [0.717, 1.165) is 17.4 Å². The smallest absolute Gasteiger partial charge is 0.332 e. The number of nitrogens with one attached hydrogen (secondary N) is 1. The summed E-state index contributed by atoms with van der Waals surface area (Å²) in [6, 6.07) is 0.0350. The summed E-state index contributed by atoms with van der Waals surface area (Å²) in [5.74, 6) is 0.197. The molecule has 0 radical (unpaired) electrons. The molecule has 0 aromatic carbocycles. The van der Waals surface area contributed by atoms with Crippen molar-refractivity contribution >= 4 is 22.6 Å². The molecule has 0 aliphatic carbocycles. The van der Waals surface area contributed by atoms with Crippen LogP contribution < -0.4 is 5.32 Å². The van der Waals surface area contributed by atoms with Gasteiger partial charge >= 0.3 is 5.97 Å². The van der Waals surface area contributed by atoms with E-state index in [4.69, 9.17) is 9.84 Å². The third-order valence-electron chi connectivity index (χ3n) is 3.26. The minimum Gasteiger partial charge on any atom is -0.479 e. The number of carboxylic acid groups (broad SMARTS) is 1. The molecule has 0 spiro atoms. The highest BCUT2D eigenvalue weighted by molar-refractivity contribution is 7.09. The number of hydrogen-bond donors (Lipinski definition) is 2. The van der Waals surface area contributed by atoms with E-state index in [9.17, 15) is 4.79 Å². The Kier molecular flexibility index (Phi) is 4.29. The second-order valence-corrected chi connectivity index (χ2v) is 6.85. The Morgan fingerprint density at radius 2 is 2.25 bits per heavy atom. The maximum absolute atomic E-state index is 11.2. The highest BCUT2D eigenvalue weighted by atomic mass is 32.1. The Hall–Kier alpha value is -1.21. The number of rotatable bonds is 4. The lowest BCUT2D eigenvalue weighted by molar-refractivity contribution is -0.170. The van der Waals surface area contributed by atoms with Crippen LogP contribution in [0.3, 0.4) is 0 Å². The minimum atomic E-state index is -0.912. The molecule has 2 rings (SSSR count). The van der Waals surface area contributed by atoms with Crippen LogP contribution in [0.1, 0.15) is 52.3 Å². The fourth-order valence-electron chi connectivity index (χ4n) is 2.38. The Labute approximate surface area is 122 Å². The molecular formula is C13H21N3O3S. The van der Waals surface area contributed by atoms with Crippen LogP contribution in [0.5, 0.6) is 0 Å². The van der Waals surface area contributed by atoms with Gasteiger partial charge in [-0.05, 0) is 20.3 Å². The third-order valence-corrected chi connectivity index (χ3v) is 3.92. The second-order valence-electron chi connectivity index (χ2n) is 6.10. The first kappa shape index (κ1) is 15.2. The van der Waals surface area contributed by atoms with Gasteiger partial charge in [0.2, 0.25) is 5.13 Å². The molecule has 1 aliphatic rings. The van der Waals surface area contributed by atoms with Crippen molar-refractivity contribution in [1.82, 2.24) is 9.36 Å². The molecule has 6 nitrogen and oxygen atoms in total. The van der Waals surface area contributed by atoms with Crippen LogP contribution in [0, 0.1) is 0 Å². The van der Waals surface area contributed by atoms with Crippen molar-refractivity contribution in [2.45, 2.75) is 64.2 Å². The number of carbonyl (C=O) groups is 1. The van der Waals surface area contributed by atoms with E-state index < -0.39 is 17.7 Å². The quantitative estimate of drug-likeness (QED) is 0.888. The molecule has 1 fully saturated rings. The van der Waals surface area contributed by atoms with Gasteiger partial charge in [-0.2, -0.15) is 4.37 Å². The maximum Gasteiger partial charge on any atom is 0.332 e. The second kappa shape index (κ2) is 5.65. The Morgan fingerprint density at radius 1 is 1.55 bits per heavy atom. The van der Waals surface area contributed by atoms with Crippen LogP contribution in [0.15, 0.2) is 0 Å². The molecule has 0 saturated carbocycles. The first-order valence-corrected chi connectivity index (χ1v) is 7.55. The van der Waals surface area contributed by atoms with Crippen LogP contribution in [-0.4, -0.2) is 38.2 Å². The summed E-state index contributed by atoms with van der Waals surface area (Å²) in [5, 5.41) is 13.2. The molecule has 0 unspecified atom stereocenters. The maximum atomic E-state index is 11.2. The minimum absolute atomic E-state index is 0.0350. The number of hydrogen-bond acceptors (Lipinski definition) is 6. The van der Waals surface area contributed by atoms with E-state index >= 15 is 0 Å². The van der Waals surface area contributed by atoms with Crippen molar-refractivity contribution < 1.29 is 14.6 Å². The fraction of sp³-hybridized carbons (Fsp3) is 0.769. The molecule has 1 saturated heterocycles. The van der Waals surface area contributed by atoms with E-state index in [1.165, 1.54) is 11.5 Å². The lowest BCUT2D eigenvalue weighted by Gasteiger charge is -2.39. The monoisotopic (exact) mass is 299 g/mol. The van der Waals surface area contributed by atoms with E-state index in [1.54, 1.807) is 0 Å². The van der Waals surface area contributed by atoms with Gasteiger partial charge in [0.25, 0.3) is 0 Å². The molecule has 0 amide bonds. The highest BCUT2D eigenvalue weighted by Gasteiger charge is 2.38. The summed E-state index contributed by atoms with van der Waals surface area (Å²) < 4.78 is 9.87. The summed E-state index contributed by atoms with van der Waals surface area (Å²) in [4.78, 5) is 15.6. The van der Waals surface area contributed by atoms with Crippen molar-refractivity contribution in [2.24, 2.45) is 0 Å². The number of aliphatic carboxylic acids is 1. The van der Waals surface area contributed by atoms with Gasteiger partial charge in [-0.15, -0.1) is 0 Å². The molecule has 1 aromatic rings. The van der Waals surface area contributed by atoms with Gasteiger partial charge in [0.1, 0.15) is 5.82 Å². The van der Waals surface area contributed by atoms with Crippen molar-refractivity contribution in [1.29, 1.82) is 0 Å². The van der Waals surface area contributed by atoms with Crippen molar-refractivity contribution in [3.8, 4) is 0 Å². The summed E-state index contributed by atoms with van der Waals surface area (Å²) >= 11 is 1.32. The van der Waals surface area contributed by atoms with Crippen LogP contribution in [0.2, 0.25) is 0 Å². The van der Waals surface area contributed by atoms with Crippen LogP contribution >= 0.6 is 11.5 Å². The van der Waals surface area contributed by atoms with Gasteiger partial charge in [-0.25, -0.2) is 9.78 Å². The summed E-state index contributed by atoms with van der Waals surface area (Å²) in [7, 11) is 0. The number of anilines is 1. The molecule has 2 heterocycles. The third kappa shape index (κ3) is 3.67. The largest absolute Gasteiger partial charge is 0.479 e. The topological polar surface area (TPSA) is 84.3 Å². The summed E-state index contributed by atoms with van der Waals surface area (Å²) in [6.45, 7) is 7.92. The van der Waals surface area contributed by atoms with Crippen molar-refractivity contribution in [3.05, 3.63) is 5.82 Å². The Morgan fingerprint density at radius 3 is 2.80 bits per heavy atom.